The molecule has 0 atom stereocenters. The molecule has 0 heterocycles. The number of anilines is 1. The van der Waals surface area contributed by atoms with Crippen LogP contribution in [0.5, 0.6) is 0 Å². The van der Waals surface area contributed by atoms with E-state index in [1.807, 2.05) is 36.4 Å². The summed E-state index contributed by atoms with van der Waals surface area (Å²) in [4.78, 5) is 23.8. The summed E-state index contributed by atoms with van der Waals surface area (Å²) in [7, 11) is 0. The molecular formula is C20H19NO3. The van der Waals surface area contributed by atoms with Crippen molar-refractivity contribution in [1.29, 1.82) is 0 Å². The summed E-state index contributed by atoms with van der Waals surface area (Å²) in [5.74, 6) is -0.259. The number of benzene rings is 2. The highest BCUT2D eigenvalue weighted by molar-refractivity contribution is 5.96. The van der Waals surface area contributed by atoms with Crippen molar-refractivity contribution in [3.63, 3.8) is 0 Å². The molecule has 0 bridgehead atoms. The first-order chi connectivity index (χ1) is 11.7. The summed E-state index contributed by atoms with van der Waals surface area (Å²) >= 11 is 0. The van der Waals surface area contributed by atoms with Crippen LogP contribution in [0.1, 0.15) is 28.8 Å². The lowest BCUT2D eigenvalue weighted by Crippen LogP contribution is -2.14. The van der Waals surface area contributed by atoms with Gasteiger partial charge in [-0.1, -0.05) is 42.5 Å². The average Bonchev–Trinajstić information content (AvgIpc) is 3.45. The first-order valence-corrected chi connectivity index (χ1v) is 8.02. The van der Waals surface area contributed by atoms with E-state index in [4.69, 9.17) is 4.74 Å². The van der Waals surface area contributed by atoms with Crippen LogP contribution in [0, 0.1) is 5.92 Å². The summed E-state index contributed by atoms with van der Waals surface area (Å²) in [5.41, 5.74) is 2.11. The molecule has 1 N–H and O–H groups in total. The number of amides is 1. The molecule has 4 heteroatoms. The second-order valence-electron chi connectivity index (χ2n) is 5.76. The van der Waals surface area contributed by atoms with E-state index in [2.05, 4.69) is 5.32 Å². The second-order valence-corrected chi connectivity index (χ2v) is 5.76. The Bertz CT molecular complexity index is 748. The summed E-state index contributed by atoms with van der Waals surface area (Å²) < 4.78 is 5.23. The molecule has 1 saturated carbocycles. The van der Waals surface area contributed by atoms with Crippen molar-refractivity contribution in [3.8, 4) is 0 Å². The van der Waals surface area contributed by atoms with E-state index in [0.717, 1.165) is 18.4 Å². The van der Waals surface area contributed by atoms with E-state index in [1.54, 1.807) is 30.3 Å². The molecule has 4 nitrogen and oxygen atoms in total. The number of carbonyl (C=O) groups excluding carboxylic acids is 2. The first-order valence-electron chi connectivity index (χ1n) is 8.02. The van der Waals surface area contributed by atoms with Crippen molar-refractivity contribution in [3.05, 3.63) is 71.8 Å². The van der Waals surface area contributed by atoms with Gasteiger partial charge in [0.15, 0.2) is 0 Å². The van der Waals surface area contributed by atoms with Crippen LogP contribution in [0.2, 0.25) is 0 Å². The zero-order valence-electron chi connectivity index (χ0n) is 13.3. The quantitative estimate of drug-likeness (QED) is 0.821. The van der Waals surface area contributed by atoms with Crippen LogP contribution in [-0.2, 0) is 9.53 Å². The minimum Gasteiger partial charge on any atom is -0.458 e. The van der Waals surface area contributed by atoms with Gasteiger partial charge in [0.2, 0.25) is 5.91 Å². The number of hydrogen-bond donors (Lipinski definition) is 1. The van der Waals surface area contributed by atoms with E-state index in [0.29, 0.717) is 11.3 Å². The summed E-state index contributed by atoms with van der Waals surface area (Å²) in [6.07, 6.45) is 5.59. The molecule has 24 heavy (non-hydrogen) atoms. The van der Waals surface area contributed by atoms with Gasteiger partial charge < -0.3 is 10.1 Å². The van der Waals surface area contributed by atoms with Gasteiger partial charge in [0.05, 0.1) is 5.56 Å². The Kier molecular flexibility index (Phi) is 5.06. The number of hydrogen-bond acceptors (Lipinski definition) is 3. The van der Waals surface area contributed by atoms with Gasteiger partial charge in [-0.15, -0.1) is 0 Å². The third-order valence-corrected chi connectivity index (χ3v) is 3.73. The van der Waals surface area contributed by atoms with Crippen LogP contribution >= 0.6 is 0 Å². The summed E-state index contributed by atoms with van der Waals surface area (Å²) in [5, 5.41) is 2.83. The molecule has 2 aromatic carbocycles. The topological polar surface area (TPSA) is 55.4 Å². The predicted octanol–water partition coefficient (Wildman–Crippen LogP) is 3.91. The van der Waals surface area contributed by atoms with E-state index in [1.165, 1.54) is 0 Å². The lowest BCUT2D eigenvalue weighted by Gasteiger charge is -2.06. The molecule has 0 saturated heterocycles. The molecule has 0 aliphatic heterocycles. The molecular weight excluding hydrogens is 302 g/mol. The Balaban J connectivity index is 1.52. The molecule has 0 aromatic heterocycles. The third kappa shape index (κ3) is 4.56. The zero-order chi connectivity index (χ0) is 16.8. The molecule has 1 fully saturated rings. The molecule has 3 rings (SSSR count). The van der Waals surface area contributed by atoms with E-state index >= 15 is 0 Å². The largest absolute Gasteiger partial charge is 0.458 e. The SMILES string of the molecule is O=C(OC/C=C/c1ccccc1)c1cccc(NC(=O)C2CC2)c1. The smallest absolute Gasteiger partial charge is 0.338 e. The fourth-order valence-electron chi connectivity index (χ4n) is 2.27. The van der Waals surface area contributed by atoms with E-state index in [-0.39, 0.29) is 18.4 Å². The standard InChI is InChI=1S/C20H19NO3/c22-19(16-11-12-16)21-18-10-4-9-17(14-18)20(23)24-13-5-8-15-6-2-1-3-7-15/h1-10,14,16H,11-13H2,(H,21,22)/b8-5+. The minimum atomic E-state index is -0.407. The average molecular weight is 321 g/mol. The van der Waals surface area contributed by atoms with Gasteiger partial charge in [-0.25, -0.2) is 4.79 Å². The highest BCUT2D eigenvalue weighted by Gasteiger charge is 2.29. The Morgan fingerprint density at radius 1 is 1.08 bits per heavy atom. The van der Waals surface area contributed by atoms with Crippen LogP contribution in [0.15, 0.2) is 60.7 Å². The summed E-state index contributed by atoms with van der Waals surface area (Å²) in [6, 6.07) is 16.6. The molecule has 1 aliphatic rings. The van der Waals surface area contributed by atoms with Gasteiger partial charge in [-0.2, -0.15) is 0 Å². The highest BCUT2D eigenvalue weighted by Crippen LogP contribution is 2.30. The van der Waals surface area contributed by atoms with Gasteiger partial charge in [-0.3, -0.25) is 4.79 Å². The molecule has 0 radical (unpaired) electrons. The van der Waals surface area contributed by atoms with Crippen LogP contribution in [0.25, 0.3) is 6.08 Å². The van der Waals surface area contributed by atoms with Crippen molar-refractivity contribution < 1.29 is 14.3 Å². The first kappa shape index (κ1) is 16.0. The molecule has 2 aromatic rings. The van der Waals surface area contributed by atoms with Crippen molar-refractivity contribution in [1.82, 2.24) is 0 Å². The summed E-state index contributed by atoms with van der Waals surface area (Å²) in [6.45, 7) is 0.201. The van der Waals surface area contributed by atoms with E-state index < -0.39 is 5.97 Å². The number of ether oxygens (including phenoxy) is 1. The van der Waals surface area contributed by atoms with Crippen LogP contribution in [0.4, 0.5) is 5.69 Å². The molecule has 1 aliphatic carbocycles. The minimum absolute atomic E-state index is 0.0197. The van der Waals surface area contributed by atoms with Crippen molar-refractivity contribution in [2.75, 3.05) is 11.9 Å². The second kappa shape index (κ2) is 7.59. The lowest BCUT2D eigenvalue weighted by atomic mass is 10.2. The lowest BCUT2D eigenvalue weighted by molar-refractivity contribution is -0.117. The zero-order valence-corrected chi connectivity index (χ0v) is 13.3. The van der Waals surface area contributed by atoms with Crippen molar-refractivity contribution in [2.24, 2.45) is 5.92 Å². The van der Waals surface area contributed by atoms with Gasteiger partial charge in [0, 0.05) is 11.6 Å². The Labute approximate surface area is 141 Å². The van der Waals surface area contributed by atoms with Gasteiger partial charge in [0.1, 0.15) is 6.61 Å². The number of rotatable bonds is 6. The molecule has 1 amide bonds. The van der Waals surface area contributed by atoms with Gasteiger partial charge >= 0.3 is 5.97 Å². The molecule has 0 spiro atoms. The normalized spacial score (nSPS) is 13.7. The third-order valence-electron chi connectivity index (χ3n) is 3.73. The van der Waals surface area contributed by atoms with Gasteiger partial charge in [-0.05, 0) is 42.7 Å². The highest BCUT2D eigenvalue weighted by atomic mass is 16.5. The fourth-order valence-corrected chi connectivity index (χ4v) is 2.27. The molecule has 0 unspecified atom stereocenters. The Morgan fingerprint density at radius 3 is 2.62 bits per heavy atom. The van der Waals surface area contributed by atoms with Crippen molar-refractivity contribution in [2.45, 2.75) is 12.8 Å². The monoisotopic (exact) mass is 321 g/mol. The number of carbonyl (C=O) groups is 2. The van der Waals surface area contributed by atoms with E-state index in [9.17, 15) is 9.59 Å². The number of nitrogens with one attached hydrogen (secondary N) is 1. The number of esters is 1. The maximum absolute atomic E-state index is 12.1. The Hall–Kier alpha value is -2.88. The maximum Gasteiger partial charge on any atom is 0.338 e. The molecule has 122 valence electrons. The van der Waals surface area contributed by atoms with Crippen molar-refractivity contribution >= 4 is 23.6 Å². The maximum atomic E-state index is 12.1. The van der Waals surface area contributed by atoms with Crippen LogP contribution in [-0.4, -0.2) is 18.5 Å². The van der Waals surface area contributed by atoms with Crippen LogP contribution in [0.3, 0.4) is 0 Å². The Morgan fingerprint density at radius 2 is 1.88 bits per heavy atom. The van der Waals surface area contributed by atoms with Gasteiger partial charge in [0.25, 0.3) is 0 Å². The van der Waals surface area contributed by atoms with Crippen LogP contribution < -0.4 is 5.32 Å². The fraction of sp³-hybridized carbons (Fsp3) is 0.200. The predicted molar refractivity (Wildman–Crippen MR) is 93.6 cm³/mol.